The van der Waals surface area contributed by atoms with Gasteiger partial charge in [0.25, 0.3) is 0 Å². The summed E-state index contributed by atoms with van der Waals surface area (Å²) >= 11 is 1.26. The minimum Gasteiger partial charge on any atom is -0.477 e. The first-order chi connectivity index (χ1) is 9.34. The molecular formula is C15H25NO3S2. The second-order valence-electron chi connectivity index (χ2n) is 7.17. The topological polar surface area (TPSA) is 66.4 Å². The standard InChI is InChI=1S/C15H25NO3S2/c1-9(16-21(19)15(5,6)7)11-8-10(14(2,3)4)12(20-11)13(17)18/h8-9,16H,1-7H3,(H,17,18)/t9-,21?/m1/s1. The molecule has 120 valence electrons. The monoisotopic (exact) mass is 331 g/mol. The Kier molecular flexibility index (Phi) is 5.40. The number of hydrogen-bond acceptors (Lipinski definition) is 3. The third-order valence-electron chi connectivity index (χ3n) is 3.02. The van der Waals surface area contributed by atoms with E-state index in [1.807, 2.05) is 54.5 Å². The molecule has 4 nitrogen and oxygen atoms in total. The highest BCUT2D eigenvalue weighted by molar-refractivity contribution is 7.84. The summed E-state index contributed by atoms with van der Waals surface area (Å²) in [5, 5.41) is 9.37. The van der Waals surface area contributed by atoms with E-state index in [2.05, 4.69) is 4.72 Å². The Morgan fingerprint density at radius 2 is 1.81 bits per heavy atom. The zero-order valence-electron chi connectivity index (χ0n) is 13.7. The number of aromatic carboxylic acids is 1. The quantitative estimate of drug-likeness (QED) is 0.880. The summed E-state index contributed by atoms with van der Waals surface area (Å²) in [5.74, 6) is -0.902. The Balaban J connectivity index is 3.10. The largest absolute Gasteiger partial charge is 0.477 e. The van der Waals surface area contributed by atoms with Gasteiger partial charge < -0.3 is 5.11 Å². The Hall–Kier alpha value is -0.720. The van der Waals surface area contributed by atoms with Gasteiger partial charge in [0.15, 0.2) is 0 Å². The molecule has 2 atom stereocenters. The van der Waals surface area contributed by atoms with Crippen LogP contribution < -0.4 is 4.72 Å². The molecule has 0 fully saturated rings. The van der Waals surface area contributed by atoms with Gasteiger partial charge in [0.1, 0.15) is 4.88 Å². The molecule has 0 spiro atoms. The third kappa shape index (κ3) is 4.63. The summed E-state index contributed by atoms with van der Waals surface area (Å²) < 4.78 is 14.9. The van der Waals surface area contributed by atoms with Crippen molar-refractivity contribution in [1.82, 2.24) is 4.72 Å². The zero-order valence-corrected chi connectivity index (χ0v) is 15.4. The number of hydrogen-bond donors (Lipinski definition) is 2. The van der Waals surface area contributed by atoms with Gasteiger partial charge in [-0.05, 0) is 44.7 Å². The van der Waals surface area contributed by atoms with Crippen LogP contribution in [0, 0.1) is 0 Å². The smallest absolute Gasteiger partial charge is 0.346 e. The summed E-state index contributed by atoms with van der Waals surface area (Å²) in [6, 6.07) is 1.77. The van der Waals surface area contributed by atoms with Crippen LogP contribution in [0.3, 0.4) is 0 Å². The summed E-state index contributed by atoms with van der Waals surface area (Å²) in [6.45, 7) is 13.6. The van der Waals surface area contributed by atoms with Crippen LogP contribution in [0.2, 0.25) is 0 Å². The number of rotatable bonds is 4. The van der Waals surface area contributed by atoms with Crippen molar-refractivity contribution in [3.8, 4) is 0 Å². The fourth-order valence-electron chi connectivity index (χ4n) is 1.73. The summed E-state index contributed by atoms with van der Waals surface area (Å²) in [4.78, 5) is 12.7. The van der Waals surface area contributed by atoms with E-state index >= 15 is 0 Å². The molecule has 0 saturated carbocycles. The first kappa shape index (κ1) is 18.3. The Morgan fingerprint density at radius 3 is 2.14 bits per heavy atom. The van der Waals surface area contributed by atoms with Crippen molar-refractivity contribution >= 4 is 28.3 Å². The fourth-order valence-corrected chi connectivity index (χ4v) is 3.82. The van der Waals surface area contributed by atoms with Crippen LogP contribution in [-0.4, -0.2) is 20.0 Å². The molecule has 21 heavy (non-hydrogen) atoms. The summed E-state index contributed by atoms with van der Waals surface area (Å²) in [7, 11) is -1.19. The van der Waals surface area contributed by atoms with Crippen LogP contribution in [0.1, 0.15) is 74.6 Å². The predicted octanol–water partition coefficient (Wildman–Crippen LogP) is 3.86. The lowest BCUT2D eigenvalue weighted by molar-refractivity contribution is 0.0699. The molecule has 0 aromatic carbocycles. The van der Waals surface area contributed by atoms with Crippen LogP contribution in [0.15, 0.2) is 6.07 Å². The van der Waals surface area contributed by atoms with Gasteiger partial charge in [-0.1, -0.05) is 20.8 Å². The summed E-state index contributed by atoms with van der Waals surface area (Å²) in [6.07, 6.45) is 0. The molecule has 0 aliphatic rings. The van der Waals surface area contributed by atoms with E-state index < -0.39 is 17.0 Å². The minimum atomic E-state index is -1.19. The fraction of sp³-hybridized carbons (Fsp3) is 0.667. The maximum Gasteiger partial charge on any atom is 0.346 e. The highest BCUT2D eigenvalue weighted by atomic mass is 32.2. The molecule has 0 amide bonds. The highest BCUT2D eigenvalue weighted by Gasteiger charge is 2.28. The molecule has 0 aliphatic heterocycles. The lowest BCUT2D eigenvalue weighted by Gasteiger charge is -2.21. The number of nitrogens with one attached hydrogen (secondary N) is 1. The second kappa shape index (κ2) is 6.18. The van der Waals surface area contributed by atoms with Gasteiger partial charge in [0, 0.05) is 4.88 Å². The van der Waals surface area contributed by atoms with Gasteiger partial charge in [-0.2, -0.15) is 0 Å². The lowest BCUT2D eigenvalue weighted by Crippen LogP contribution is -2.34. The molecular weight excluding hydrogens is 306 g/mol. The van der Waals surface area contributed by atoms with Gasteiger partial charge >= 0.3 is 5.97 Å². The number of carbonyl (C=O) groups is 1. The van der Waals surface area contributed by atoms with Crippen molar-refractivity contribution in [3.63, 3.8) is 0 Å². The van der Waals surface area contributed by atoms with Crippen molar-refractivity contribution in [2.75, 3.05) is 0 Å². The zero-order chi connectivity index (χ0) is 16.6. The molecule has 0 saturated heterocycles. The van der Waals surface area contributed by atoms with E-state index in [-0.39, 0.29) is 16.2 Å². The van der Waals surface area contributed by atoms with Crippen LogP contribution in [0.5, 0.6) is 0 Å². The minimum absolute atomic E-state index is 0.149. The molecule has 1 unspecified atom stereocenters. The first-order valence-electron chi connectivity index (χ1n) is 6.89. The van der Waals surface area contributed by atoms with Crippen molar-refractivity contribution < 1.29 is 14.1 Å². The molecule has 1 aromatic rings. The summed E-state index contributed by atoms with van der Waals surface area (Å²) in [5.41, 5.74) is 0.593. The average Bonchev–Trinajstić information content (AvgIpc) is 2.71. The van der Waals surface area contributed by atoms with Crippen LogP contribution in [0.4, 0.5) is 0 Å². The van der Waals surface area contributed by atoms with Crippen molar-refractivity contribution in [2.45, 2.75) is 64.7 Å². The normalized spacial score (nSPS) is 15.8. The van der Waals surface area contributed by atoms with E-state index in [0.717, 1.165) is 10.4 Å². The molecule has 2 N–H and O–H groups in total. The molecule has 6 heteroatoms. The van der Waals surface area contributed by atoms with Crippen LogP contribution >= 0.6 is 11.3 Å². The number of carboxylic acids is 1. The van der Waals surface area contributed by atoms with Gasteiger partial charge in [-0.15, -0.1) is 11.3 Å². The van der Waals surface area contributed by atoms with Crippen molar-refractivity contribution in [2.24, 2.45) is 0 Å². The Labute approximate surface area is 133 Å². The van der Waals surface area contributed by atoms with Crippen LogP contribution in [-0.2, 0) is 16.4 Å². The van der Waals surface area contributed by atoms with Gasteiger partial charge in [-0.3, -0.25) is 0 Å². The van der Waals surface area contributed by atoms with E-state index in [4.69, 9.17) is 0 Å². The number of carboxylic acid groups (broad SMARTS) is 1. The maximum absolute atomic E-state index is 12.2. The molecule has 0 bridgehead atoms. The predicted molar refractivity (Wildman–Crippen MR) is 89.4 cm³/mol. The first-order valence-corrected chi connectivity index (χ1v) is 8.86. The average molecular weight is 332 g/mol. The Morgan fingerprint density at radius 1 is 1.29 bits per heavy atom. The molecule has 0 aliphatic carbocycles. The third-order valence-corrected chi connectivity index (χ3v) is 6.01. The SMILES string of the molecule is C[C@@H](NS(=O)C(C)(C)C)c1cc(C(C)(C)C)c(C(=O)O)s1. The van der Waals surface area contributed by atoms with Gasteiger partial charge in [-0.25, -0.2) is 13.7 Å². The van der Waals surface area contributed by atoms with E-state index in [9.17, 15) is 14.1 Å². The van der Waals surface area contributed by atoms with E-state index in [1.54, 1.807) is 0 Å². The van der Waals surface area contributed by atoms with E-state index in [1.165, 1.54) is 11.3 Å². The van der Waals surface area contributed by atoms with Gasteiger partial charge in [0.2, 0.25) is 0 Å². The second-order valence-corrected chi connectivity index (χ2v) is 10.2. The number of thiophene rings is 1. The maximum atomic E-state index is 12.2. The van der Waals surface area contributed by atoms with Gasteiger partial charge in [0.05, 0.1) is 21.8 Å². The molecule has 1 rings (SSSR count). The van der Waals surface area contributed by atoms with Crippen molar-refractivity contribution in [1.29, 1.82) is 0 Å². The molecule has 0 radical (unpaired) electrons. The lowest BCUT2D eigenvalue weighted by atomic mass is 9.87. The molecule has 1 heterocycles. The Bertz CT molecular complexity index is 550. The highest BCUT2D eigenvalue weighted by Crippen LogP contribution is 2.35. The van der Waals surface area contributed by atoms with Crippen LogP contribution in [0.25, 0.3) is 0 Å². The molecule has 1 aromatic heterocycles. The van der Waals surface area contributed by atoms with Crippen molar-refractivity contribution in [3.05, 3.63) is 21.4 Å². The van der Waals surface area contributed by atoms with E-state index in [0.29, 0.717) is 4.88 Å².